The predicted molar refractivity (Wildman–Crippen MR) is 153 cm³/mol. The van der Waals surface area contributed by atoms with Crippen molar-refractivity contribution in [1.29, 1.82) is 0 Å². The largest absolute Gasteiger partial charge is 0.298 e. The molecule has 1 heteroatoms. The predicted octanol–water partition coefficient (Wildman–Crippen LogP) is 11.5. The highest BCUT2D eigenvalue weighted by atomic mass is 15.2. The Hall–Kier alpha value is -0.0400. The molecule has 0 aliphatic heterocycles. The summed E-state index contributed by atoms with van der Waals surface area (Å²) in [4.78, 5) is 2.89. The summed E-state index contributed by atoms with van der Waals surface area (Å²) in [5, 5.41) is 0. The van der Waals surface area contributed by atoms with Gasteiger partial charge < -0.3 is 0 Å². The lowest BCUT2D eigenvalue weighted by Gasteiger charge is -2.39. The molecule has 1 nitrogen and oxygen atoms in total. The molecule has 0 aliphatic rings. The third kappa shape index (κ3) is 22.2. The quantitative estimate of drug-likeness (QED) is 0.109. The highest BCUT2D eigenvalue weighted by Gasteiger charge is 2.25. The van der Waals surface area contributed by atoms with Gasteiger partial charge in [0, 0.05) is 5.54 Å². The smallest absolute Gasteiger partial charge is 0.0153 e. The van der Waals surface area contributed by atoms with E-state index in [-0.39, 0.29) is 0 Å². The van der Waals surface area contributed by atoms with Crippen LogP contribution in [0.15, 0.2) is 0 Å². The van der Waals surface area contributed by atoms with Crippen LogP contribution in [0.5, 0.6) is 0 Å². The highest BCUT2D eigenvalue weighted by molar-refractivity contribution is 4.81. The van der Waals surface area contributed by atoms with Gasteiger partial charge in [-0.3, -0.25) is 4.90 Å². The molecule has 0 saturated heterocycles. The molecule has 0 N–H and O–H groups in total. The van der Waals surface area contributed by atoms with Crippen LogP contribution < -0.4 is 0 Å². The first-order valence-corrected chi connectivity index (χ1v) is 15.8. The Morgan fingerprint density at radius 3 is 0.970 bits per heavy atom. The lowest BCUT2D eigenvalue weighted by Crippen LogP contribution is -2.45. The average molecular weight is 466 g/mol. The fraction of sp³-hybridized carbons (Fsp3) is 1.00. The number of hydrogen-bond acceptors (Lipinski definition) is 1. The van der Waals surface area contributed by atoms with Crippen molar-refractivity contribution in [3.8, 4) is 0 Å². The number of nitrogens with zero attached hydrogens (tertiary/aromatic N) is 1. The SMILES string of the molecule is CCCCCCCCCCN(CCCCCCCCCC)C(C)(C)CCCCCCCCC. The van der Waals surface area contributed by atoms with Crippen LogP contribution in [0.25, 0.3) is 0 Å². The molecule has 0 aromatic heterocycles. The Morgan fingerprint density at radius 2 is 0.636 bits per heavy atom. The lowest BCUT2D eigenvalue weighted by molar-refractivity contribution is 0.102. The second kappa shape index (κ2) is 25.1. The summed E-state index contributed by atoms with van der Waals surface area (Å²) in [5.41, 5.74) is 0.381. The van der Waals surface area contributed by atoms with Crippen molar-refractivity contribution in [2.24, 2.45) is 0 Å². The number of unbranched alkanes of at least 4 members (excludes halogenated alkanes) is 20. The maximum atomic E-state index is 2.89. The second-order valence-electron chi connectivity index (χ2n) is 11.6. The van der Waals surface area contributed by atoms with E-state index >= 15 is 0 Å². The summed E-state index contributed by atoms with van der Waals surface area (Å²) in [7, 11) is 0. The summed E-state index contributed by atoms with van der Waals surface area (Å²) in [5.74, 6) is 0. The second-order valence-corrected chi connectivity index (χ2v) is 11.6. The Kier molecular flexibility index (Phi) is 25.0. The maximum absolute atomic E-state index is 2.89. The van der Waals surface area contributed by atoms with Gasteiger partial charge in [-0.05, 0) is 46.2 Å². The number of rotatable bonds is 27. The fourth-order valence-electron chi connectivity index (χ4n) is 5.26. The summed E-state index contributed by atoms with van der Waals surface area (Å²) >= 11 is 0. The van der Waals surface area contributed by atoms with E-state index in [9.17, 15) is 0 Å². The molecule has 0 bridgehead atoms. The molecule has 33 heavy (non-hydrogen) atoms. The molecule has 0 aromatic rings. The summed E-state index contributed by atoms with van der Waals surface area (Å²) in [6.07, 6.45) is 34.3. The lowest BCUT2D eigenvalue weighted by atomic mass is 9.93. The van der Waals surface area contributed by atoms with E-state index in [4.69, 9.17) is 0 Å². The van der Waals surface area contributed by atoms with Crippen molar-refractivity contribution in [3.05, 3.63) is 0 Å². The Morgan fingerprint density at radius 1 is 0.364 bits per heavy atom. The van der Waals surface area contributed by atoms with E-state index in [0.717, 1.165) is 0 Å². The molecule has 200 valence electrons. The van der Waals surface area contributed by atoms with Crippen LogP contribution in [0.4, 0.5) is 0 Å². The van der Waals surface area contributed by atoms with Crippen LogP contribution in [-0.2, 0) is 0 Å². The van der Waals surface area contributed by atoms with Crippen molar-refractivity contribution >= 4 is 0 Å². The molecule has 0 fully saturated rings. The van der Waals surface area contributed by atoms with Crippen LogP contribution in [-0.4, -0.2) is 23.5 Å². The van der Waals surface area contributed by atoms with Gasteiger partial charge in [-0.25, -0.2) is 0 Å². The standard InChI is InChI=1S/C32H67N/c1-6-9-12-15-18-21-24-27-30-33(31-28-25-22-19-16-13-10-7-2)32(4,5)29-26-23-20-17-14-11-8-3/h6-31H2,1-5H3. The molecule has 0 aliphatic carbocycles. The van der Waals surface area contributed by atoms with Gasteiger partial charge >= 0.3 is 0 Å². The van der Waals surface area contributed by atoms with E-state index in [1.165, 1.54) is 167 Å². The van der Waals surface area contributed by atoms with Gasteiger partial charge in [0.2, 0.25) is 0 Å². The van der Waals surface area contributed by atoms with Gasteiger partial charge in [-0.1, -0.05) is 156 Å². The van der Waals surface area contributed by atoms with Crippen LogP contribution in [0.2, 0.25) is 0 Å². The van der Waals surface area contributed by atoms with E-state index in [0.29, 0.717) is 5.54 Å². The van der Waals surface area contributed by atoms with Gasteiger partial charge in [0.25, 0.3) is 0 Å². The van der Waals surface area contributed by atoms with Gasteiger partial charge in [0.1, 0.15) is 0 Å². The fourth-order valence-corrected chi connectivity index (χ4v) is 5.26. The van der Waals surface area contributed by atoms with Gasteiger partial charge in [0.15, 0.2) is 0 Å². The average Bonchev–Trinajstić information content (AvgIpc) is 2.80. The van der Waals surface area contributed by atoms with Crippen LogP contribution in [0.3, 0.4) is 0 Å². The van der Waals surface area contributed by atoms with Gasteiger partial charge in [-0.2, -0.15) is 0 Å². The monoisotopic (exact) mass is 466 g/mol. The number of hydrogen-bond donors (Lipinski definition) is 0. The van der Waals surface area contributed by atoms with E-state index in [2.05, 4.69) is 39.5 Å². The van der Waals surface area contributed by atoms with Crippen LogP contribution >= 0.6 is 0 Å². The van der Waals surface area contributed by atoms with Crippen molar-refractivity contribution in [3.63, 3.8) is 0 Å². The highest BCUT2D eigenvalue weighted by Crippen LogP contribution is 2.25. The molecule has 0 aromatic carbocycles. The first kappa shape index (κ1) is 33.0. The Labute approximate surface area is 212 Å². The zero-order valence-electron chi connectivity index (χ0n) is 24.3. The zero-order chi connectivity index (χ0) is 24.5. The van der Waals surface area contributed by atoms with Gasteiger partial charge in [0.05, 0.1) is 0 Å². The molecular formula is C32H67N. The molecule has 0 amide bonds. The summed E-state index contributed by atoms with van der Waals surface area (Å²) < 4.78 is 0. The first-order chi connectivity index (χ1) is 16.1. The maximum Gasteiger partial charge on any atom is 0.0153 e. The van der Waals surface area contributed by atoms with E-state index < -0.39 is 0 Å². The van der Waals surface area contributed by atoms with Crippen molar-refractivity contribution in [2.75, 3.05) is 13.1 Å². The first-order valence-electron chi connectivity index (χ1n) is 15.8. The van der Waals surface area contributed by atoms with Crippen LogP contribution in [0.1, 0.15) is 189 Å². The van der Waals surface area contributed by atoms with Crippen molar-refractivity contribution in [1.82, 2.24) is 4.90 Å². The molecule has 0 atom stereocenters. The van der Waals surface area contributed by atoms with E-state index in [1.807, 2.05) is 0 Å². The normalized spacial score (nSPS) is 12.2. The Bertz CT molecular complexity index is 342. The molecule has 0 heterocycles. The molecule has 0 spiro atoms. The molecule has 0 saturated carbocycles. The van der Waals surface area contributed by atoms with E-state index in [1.54, 1.807) is 0 Å². The third-order valence-electron chi connectivity index (χ3n) is 7.81. The van der Waals surface area contributed by atoms with Gasteiger partial charge in [-0.15, -0.1) is 0 Å². The minimum absolute atomic E-state index is 0.381. The Balaban J connectivity index is 4.23. The van der Waals surface area contributed by atoms with Crippen molar-refractivity contribution in [2.45, 2.75) is 194 Å². The zero-order valence-corrected chi connectivity index (χ0v) is 24.3. The van der Waals surface area contributed by atoms with Crippen LogP contribution in [0, 0.1) is 0 Å². The van der Waals surface area contributed by atoms with Crippen molar-refractivity contribution < 1.29 is 0 Å². The topological polar surface area (TPSA) is 3.24 Å². The molecule has 0 radical (unpaired) electrons. The minimum atomic E-state index is 0.381. The summed E-state index contributed by atoms with van der Waals surface area (Å²) in [6.45, 7) is 14.7. The molecular weight excluding hydrogens is 398 g/mol. The molecule has 0 rings (SSSR count). The minimum Gasteiger partial charge on any atom is -0.298 e. The summed E-state index contributed by atoms with van der Waals surface area (Å²) in [6, 6.07) is 0. The third-order valence-corrected chi connectivity index (χ3v) is 7.81. The molecule has 0 unspecified atom stereocenters.